The van der Waals surface area contributed by atoms with Gasteiger partial charge in [-0.05, 0) is 37.6 Å². The van der Waals surface area contributed by atoms with E-state index in [1.165, 1.54) is 6.20 Å². The number of aromatic amines is 1. The molecule has 12 heteroatoms. The van der Waals surface area contributed by atoms with Gasteiger partial charge in [0.25, 0.3) is 11.5 Å². The van der Waals surface area contributed by atoms with Crippen molar-refractivity contribution in [3.05, 3.63) is 52.1 Å². The van der Waals surface area contributed by atoms with E-state index in [4.69, 9.17) is 11.5 Å². The van der Waals surface area contributed by atoms with Crippen molar-refractivity contribution in [2.45, 2.75) is 32.4 Å². The minimum atomic E-state index is -0.451. The molecule has 0 aliphatic heterocycles. The maximum atomic E-state index is 12.4. The van der Waals surface area contributed by atoms with Gasteiger partial charge in [0.2, 0.25) is 11.9 Å². The van der Waals surface area contributed by atoms with E-state index in [0.29, 0.717) is 43.7 Å². The summed E-state index contributed by atoms with van der Waals surface area (Å²) in [6.07, 6.45) is 2.36. The van der Waals surface area contributed by atoms with Crippen LogP contribution in [-0.2, 0) is 11.3 Å². The molecule has 174 valence electrons. The molecule has 2 aromatic heterocycles. The lowest BCUT2D eigenvalue weighted by atomic mass is 10.1. The van der Waals surface area contributed by atoms with Gasteiger partial charge in [-0.3, -0.25) is 19.4 Å². The van der Waals surface area contributed by atoms with Crippen molar-refractivity contribution in [2.75, 3.05) is 24.1 Å². The van der Waals surface area contributed by atoms with Gasteiger partial charge in [-0.25, -0.2) is 9.97 Å². The highest BCUT2D eigenvalue weighted by Gasteiger charge is 2.12. The molecule has 0 aliphatic rings. The Morgan fingerprint density at radius 3 is 2.67 bits per heavy atom. The molecule has 33 heavy (non-hydrogen) atoms. The summed E-state index contributed by atoms with van der Waals surface area (Å²) in [6.45, 7) is 3.01. The lowest BCUT2D eigenvalue weighted by molar-refractivity contribution is -0.121. The molecule has 1 aromatic carbocycles. The Balaban J connectivity index is 1.51. The number of benzene rings is 1. The summed E-state index contributed by atoms with van der Waals surface area (Å²) >= 11 is 0. The number of nitrogens with zero attached hydrogens (tertiary/aromatic N) is 3. The van der Waals surface area contributed by atoms with Crippen LogP contribution in [0.1, 0.15) is 35.8 Å². The summed E-state index contributed by atoms with van der Waals surface area (Å²) in [5, 5.41) is 8.75. The molecule has 8 N–H and O–H groups in total. The third kappa shape index (κ3) is 6.71. The highest BCUT2D eigenvalue weighted by Crippen LogP contribution is 2.12. The fraction of sp³-hybridized carbons (Fsp3) is 0.333. The Hall–Kier alpha value is -4.06. The number of hydrogen-bond donors (Lipinski definition) is 6. The molecule has 2 amide bonds. The van der Waals surface area contributed by atoms with Crippen LogP contribution in [-0.4, -0.2) is 50.9 Å². The first-order valence-corrected chi connectivity index (χ1v) is 10.5. The molecule has 2 heterocycles. The highest BCUT2D eigenvalue weighted by molar-refractivity contribution is 5.94. The van der Waals surface area contributed by atoms with Crippen LogP contribution < -0.4 is 33.0 Å². The number of hydrogen-bond acceptors (Lipinski definition) is 9. The summed E-state index contributed by atoms with van der Waals surface area (Å²) in [5.74, 6) is -0.319. The first-order chi connectivity index (χ1) is 15.9. The van der Waals surface area contributed by atoms with Gasteiger partial charge in [-0.15, -0.1) is 0 Å². The zero-order valence-corrected chi connectivity index (χ0v) is 18.2. The molecule has 0 saturated heterocycles. The van der Waals surface area contributed by atoms with Crippen LogP contribution in [0, 0.1) is 0 Å². The largest absolute Gasteiger partial charge is 0.379 e. The second-order valence-electron chi connectivity index (χ2n) is 7.47. The van der Waals surface area contributed by atoms with Crippen molar-refractivity contribution in [3.8, 4) is 0 Å². The maximum Gasteiger partial charge on any atom is 0.280 e. The van der Waals surface area contributed by atoms with Crippen LogP contribution in [0.4, 0.5) is 11.6 Å². The van der Waals surface area contributed by atoms with Gasteiger partial charge in [-0.1, -0.05) is 0 Å². The lowest BCUT2D eigenvalue weighted by Crippen LogP contribution is -2.34. The van der Waals surface area contributed by atoms with E-state index in [0.717, 1.165) is 5.69 Å². The van der Waals surface area contributed by atoms with E-state index >= 15 is 0 Å². The van der Waals surface area contributed by atoms with Gasteiger partial charge in [0.1, 0.15) is 0 Å². The maximum absolute atomic E-state index is 12.4. The number of rotatable bonds is 10. The number of nitrogen functional groups attached to an aromatic ring is 1. The van der Waals surface area contributed by atoms with Gasteiger partial charge >= 0.3 is 0 Å². The number of H-pyrrole nitrogens is 1. The smallest absolute Gasteiger partial charge is 0.280 e. The number of amides is 2. The monoisotopic (exact) mass is 453 g/mol. The zero-order valence-electron chi connectivity index (χ0n) is 18.2. The first kappa shape index (κ1) is 23.6. The molecule has 1 atom stereocenters. The molecule has 0 bridgehead atoms. The summed E-state index contributed by atoms with van der Waals surface area (Å²) in [6, 6.07) is 6.77. The van der Waals surface area contributed by atoms with Crippen molar-refractivity contribution in [2.24, 2.45) is 5.73 Å². The van der Waals surface area contributed by atoms with Crippen molar-refractivity contribution in [1.82, 2.24) is 30.6 Å². The van der Waals surface area contributed by atoms with Crippen molar-refractivity contribution in [3.63, 3.8) is 0 Å². The zero-order chi connectivity index (χ0) is 23.8. The van der Waals surface area contributed by atoms with Crippen LogP contribution in [0.5, 0.6) is 0 Å². The van der Waals surface area contributed by atoms with Gasteiger partial charge in [0, 0.05) is 36.8 Å². The standard InChI is InChI=1S/C21H27N9O3/c1-12(2-7-16(31)24-9-8-22)27-19(32)13-3-5-14(6-4-13)25-10-15-11-26-18-17(28-15)20(33)30-21(23)29-18/h3-6,11-12,25H,2,7-10,22H2,1H3,(H,24,31)(H,27,32)(H3,23,26,29,30,33). The molecule has 0 fully saturated rings. The number of nitrogens with one attached hydrogen (secondary N) is 4. The molecular weight excluding hydrogens is 426 g/mol. The van der Waals surface area contributed by atoms with Gasteiger partial charge in [0.05, 0.1) is 18.4 Å². The van der Waals surface area contributed by atoms with E-state index in [2.05, 4.69) is 35.9 Å². The van der Waals surface area contributed by atoms with Crippen molar-refractivity contribution < 1.29 is 9.59 Å². The Morgan fingerprint density at radius 2 is 1.94 bits per heavy atom. The fourth-order valence-corrected chi connectivity index (χ4v) is 3.02. The third-order valence-electron chi connectivity index (χ3n) is 4.76. The van der Waals surface area contributed by atoms with Gasteiger partial charge in [0.15, 0.2) is 11.2 Å². The van der Waals surface area contributed by atoms with Crippen molar-refractivity contribution in [1.29, 1.82) is 0 Å². The molecule has 0 spiro atoms. The summed E-state index contributed by atoms with van der Waals surface area (Å²) in [4.78, 5) is 50.8. The topological polar surface area (TPSA) is 194 Å². The molecule has 12 nitrogen and oxygen atoms in total. The predicted molar refractivity (Wildman–Crippen MR) is 124 cm³/mol. The number of aromatic nitrogens is 4. The Labute approximate surface area is 189 Å². The van der Waals surface area contributed by atoms with Gasteiger partial charge < -0.3 is 27.4 Å². The Kier molecular flexibility index (Phi) is 7.86. The van der Waals surface area contributed by atoms with E-state index < -0.39 is 5.56 Å². The lowest BCUT2D eigenvalue weighted by Gasteiger charge is -2.14. The second-order valence-corrected chi connectivity index (χ2v) is 7.47. The number of fused-ring (bicyclic) bond motifs is 1. The van der Waals surface area contributed by atoms with E-state index in [-0.39, 0.29) is 35.0 Å². The average molecular weight is 454 g/mol. The number of nitrogens with two attached hydrogens (primary N) is 2. The van der Waals surface area contributed by atoms with Gasteiger partial charge in [-0.2, -0.15) is 4.98 Å². The second kappa shape index (κ2) is 11.0. The van der Waals surface area contributed by atoms with Crippen LogP contribution in [0.15, 0.2) is 35.3 Å². The molecule has 0 saturated carbocycles. The highest BCUT2D eigenvalue weighted by atomic mass is 16.2. The molecule has 3 rings (SSSR count). The van der Waals surface area contributed by atoms with E-state index in [1.807, 2.05) is 6.92 Å². The van der Waals surface area contributed by atoms with Crippen LogP contribution in [0.25, 0.3) is 11.2 Å². The minimum Gasteiger partial charge on any atom is -0.379 e. The number of anilines is 2. The Morgan fingerprint density at radius 1 is 1.18 bits per heavy atom. The molecule has 3 aromatic rings. The third-order valence-corrected chi connectivity index (χ3v) is 4.76. The first-order valence-electron chi connectivity index (χ1n) is 10.5. The average Bonchev–Trinajstić information content (AvgIpc) is 2.80. The SMILES string of the molecule is CC(CCC(=O)NCCN)NC(=O)c1ccc(NCc2cnc3nc(N)[nH]c(=O)c3n2)cc1. The summed E-state index contributed by atoms with van der Waals surface area (Å²) in [5.41, 5.74) is 12.5. The molecule has 1 unspecified atom stereocenters. The van der Waals surface area contributed by atoms with Crippen LogP contribution >= 0.6 is 0 Å². The summed E-state index contributed by atoms with van der Waals surface area (Å²) < 4.78 is 0. The molecule has 0 aliphatic carbocycles. The number of carbonyl (C=O) groups excluding carboxylic acids is 2. The Bertz CT molecular complexity index is 1180. The quantitative estimate of drug-likeness (QED) is 0.243. The summed E-state index contributed by atoms with van der Waals surface area (Å²) in [7, 11) is 0. The molecular formula is C21H27N9O3. The minimum absolute atomic E-state index is 0.0146. The fourth-order valence-electron chi connectivity index (χ4n) is 3.02. The molecule has 0 radical (unpaired) electrons. The van der Waals surface area contributed by atoms with Crippen LogP contribution in [0.3, 0.4) is 0 Å². The van der Waals surface area contributed by atoms with Crippen LogP contribution in [0.2, 0.25) is 0 Å². The predicted octanol–water partition coefficient (Wildman–Crippen LogP) is -0.119. The normalized spacial score (nSPS) is 11.7. The van der Waals surface area contributed by atoms with Crippen molar-refractivity contribution >= 4 is 34.6 Å². The number of carbonyl (C=O) groups is 2. The van der Waals surface area contributed by atoms with E-state index in [9.17, 15) is 14.4 Å². The van der Waals surface area contributed by atoms with E-state index in [1.54, 1.807) is 24.3 Å².